The molecule has 0 aromatic carbocycles. The maximum Gasteiger partial charge on any atom is 0.317 e. The van der Waals surface area contributed by atoms with Crippen molar-refractivity contribution in [1.82, 2.24) is 15.2 Å². The van der Waals surface area contributed by atoms with Gasteiger partial charge in [-0.15, -0.1) is 0 Å². The van der Waals surface area contributed by atoms with Gasteiger partial charge in [0.2, 0.25) is 0 Å². The molecule has 1 aliphatic rings. The average Bonchev–Trinajstić information content (AvgIpc) is 2.77. The minimum Gasteiger partial charge on any atom is -0.333 e. The lowest BCUT2D eigenvalue weighted by Gasteiger charge is -2.25. The quantitative estimate of drug-likeness (QED) is 0.828. The van der Waals surface area contributed by atoms with Gasteiger partial charge in [0.1, 0.15) is 0 Å². The molecule has 0 saturated carbocycles. The number of hydrogen-bond acceptors (Lipinski definition) is 2. The van der Waals surface area contributed by atoms with Crippen molar-refractivity contribution in [2.75, 3.05) is 13.1 Å². The van der Waals surface area contributed by atoms with E-state index in [1.54, 1.807) is 6.20 Å². The van der Waals surface area contributed by atoms with Gasteiger partial charge in [-0.05, 0) is 38.8 Å². The van der Waals surface area contributed by atoms with E-state index in [-0.39, 0.29) is 11.6 Å². The Hall–Kier alpha value is -1.58. The fourth-order valence-corrected chi connectivity index (χ4v) is 2.23. The van der Waals surface area contributed by atoms with E-state index in [9.17, 15) is 4.79 Å². The molecule has 98 valence electrons. The summed E-state index contributed by atoms with van der Waals surface area (Å²) < 4.78 is 0. The first kappa shape index (κ1) is 12.9. The first-order chi connectivity index (χ1) is 8.46. The van der Waals surface area contributed by atoms with Crippen LogP contribution in [0, 0.1) is 0 Å². The van der Waals surface area contributed by atoms with E-state index < -0.39 is 0 Å². The summed E-state index contributed by atoms with van der Waals surface area (Å²) in [5.41, 5.74) is 1.05. The highest BCUT2D eigenvalue weighted by Crippen LogP contribution is 2.26. The van der Waals surface area contributed by atoms with Crippen molar-refractivity contribution in [3.05, 3.63) is 30.1 Å². The molecule has 1 unspecified atom stereocenters. The standard InChI is InChI=1S/C14H21N3O/c1-14(2,3)16-13(18)17-8-6-12(10-17)11-5-4-7-15-9-11/h4-5,7,9,12H,6,8,10H2,1-3H3,(H,16,18). The van der Waals surface area contributed by atoms with Gasteiger partial charge in [0, 0.05) is 36.9 Å². The largest absolute Gasteiger partial charge is 0.333 e. The molecule has 4 heteroatoms. The first-order valence-corrected chi connectivity index (χ1v) is 6.43. The van der Waals surface area contributed by atoms with Gasteiger partial charge in [-0.2, -0.15) is 0 Å². The van der Waals surface area contributed by atoms with Gasteiger partial charge in [-0.25, -0.2) is 4.79 Å². The number of nitrogens with zero attached hydrogens (tertiary/aromatic N) is 2. The molecule has 0 spiro atoms. The molecule has 1 fully saturated rings. The summed E-state index contributed by atoms with van der Waals surface area (Å²) in [7, 11) is 0. The fraction of sp³-hybridized carbons (Fsp3) is 0.571. The highest BCUT2D eigenvalue weighted by molar-refractivity contribution is 5.75. The molecule has 1 saturated heterocycles. The number of urea groups is 1. The van der Waals surface area contributed by atoms with Crippen LogP contribution in [0.2, 0.25) is 0 Å². The van der Waals surface area contributed by atoms with Gasteiger partial charge in [-0.3, -0.25) is 4.98 Å². The minimum atomic E-state index is -0.177. The first-order valence-electron chi connectivity index (χ1n) is 6.43. The molecule has 1 aromatic heterocycles. The number of hydrogen-bond donors (Lipinski definition) is 1. The smallest absolute Gasteiger partial charge is 0.317 e. The number of nitrogens with one attached hydrogen (secondary N) is 1. The van der Waals surface area contributed by atoms with E-state index in [4.69, 9.17) is 0 Å². The molecule has 1 aromatic rings. The average molecular weight is 247 g/mol. The SMILES string of the molecule is CC(C)(C)NC(=O)N1CCC(c2cccnc2)C1. The summed E-state index contributed by atoms with van der Waals surface area (Å²) in [5.74, 6) is 0.421. The Bertz CT molecular complexity index is 411. The van der Waals surface area contributed by atoms with Gasteiger partial charge in [0.15, 0.2) is 0 Å². The van der Waals surface area contributed by atoms with Crippen molar-refractivity contribution in [1.29, 1.82) is 0 Å². The Morgan fingerprint density at radius 3 is 2.89 bits per heavy atom. The van der Waals surface area contributed by atoms with Crippen LogP contribution in [0.4, 0.5) is 4.79 Å². The van der Waals surface area contributed by atoms with Crippen molar-refractivity contribution >= 4 is 6.03 Å². The zero-order chi connectivity index (χ0) is 13.2. The monoisotopic (exact) mass is 247 g/mol. The molecule has 18 heavy (non-hydrogen) atoms. The van der Waals surface area contributed by atoms with Gasteiger partial charge in [0.05, 0.1) is 0 Å². The zero-order valence-electron chi connectivity index (χ0n) is 11.3. The lowest BCUT2D eigenvalue weighted by molar-refractivity contribution is 0.199. The molecule has 0 aliphatic carbocycles. The molecule has 0 bridgehead atoms. The number of likely N-dealkylation sites (tertiary alicyclic amines) is 1. The van der Waals surface area contributed by atoms with Crippen LogP contribution in [0.5, 0.6) is 0 Å². The topological polar surface area (TPSA) is 45.2 Å². The predicted octanol–water partition coefficient (Wildman–Crippen LogP) is 2.38. The molecule has 0 radical (unpaired) electrons. The van der Waals surface area contributed by atoms with Crippen LogP contribution in [0.25, 0.3) is 0 Å². The normalized spacial score (nSPS) is 19.9. The summed E-state index contributed by atoms with van der Waals surface area (Å²) in [6.07, 6.45) is 4.70. The molecule has 1 aliphatic heterocycles. The number of pyridine rings is 1. The molecule has 1 N–H and O–H groups in total. The Morgan fingerprint density at radius 2 is 2.28 bits per heavy atom. The highest BCUT2D eigenvalue weighted by atomic mass is 16.2. The van der Waals surface area contributed by atoms with Gasteiger partial charge in [-0.1, -0.05) is 6.07 Å². The summed E-state index contributed by atoms with van der Waals surface area (Å²) >= 11 is 0. The highest BCUT2D eigenvalue weighted by Gasteiger charge is 2.28. The van der Waals surface area contributed by atoms with E-state index in [1.165, 1.54) is 5.56 Å². The third-order valence-electron chi connectivity index (χ3n) is 3.11. The maximum atomic E-state index is 12.0. The van der Waals surface area contributed by atoms with Crippen molar-refractivity contribution in [3.8, 4) is 0 Å². The zero-order valence-corrected chi connectivity index (χ0v) is 11.3. The van der Waals surface area contributed by atoms with Crippen LogP contribution in [-0.2, 0) is 0 Å². The van der Waals surface area contributed by atoms with E-state index >= 15 is 0 Å². The maximum absolute atomic E-state index is 12.0. The van der Waals surface area contributed by atoms with Gasteiger partial charge >= 0.3 is 6.03 Å². The van der Waals surface area contributed by atoms with Crippen LogP contribution < -0.4 is 5.32 Å². The number of amides is 2. The number of carbonyl (C=O) groups excluding carboxylic acids is 1. The lowest BCUT2D eigenvalue weighted by atomic mass is 10.0. The van der Waals surface area contributed by atoms with Crippen molar-refractivity contribution < 1.29 is 4.79 Å². The molecule has 1 atom stereocenters. The molecular weight excluding hydrogens is 226 g/mol. The summed E-state index contributed by atoms with van der Waals surface area (Å²) in [5, 5.41) is 3.00. The Morgan fingerprint density at radius 1 is 1.50 bits per heavy atom. The van der Waals surface area contributed by atoms with Crippen molar-refractivity contribution in [2.45, 2.75) is 38.6 Å². The number of carbonyl (C=O) groups is 1. The summed E-state index contributed by atoms with van der Waals surface area (Å²) in [4.78, 5) is 18.1. The van der Waals surface area contributed by atoms with E-state index in [0.717, 1.165) is 19.5 Å². The number of rotatable bonds is 1. The summed E-state index contributed by atoms with van der Waals surface area (Å²) in [6, 6.07) is 4.07. The van der Waals surface area contributed by atoms with Crippen LogP contribution in [0.1, 0.15) is 38.7 Å². The molecule has 4 nitrogen and oxygen atoms in total. The Balaban J connectivity index is 1.95. The van der Waals surface area contributed by atoms with E-state index in [1.807, 2.05) is 37.9 Å². The molecule has 2 rings (SSSR count). The van der Waals surface area contributed by atoms with Crippen molar-refractivity contribution in [2.24, 2.45) is 0 Å². The van der Waals surface area contributed by atoms with Crippen LogP contribution in [-0.4, -0.2) is 34.5 Å². The van der Waals surface area contributed by atoms with Gasteiger partial charge < -0.3 is 10.2 Å². The van der Waals surface area contributed by atoms with Crippen LogP contribution in [0.15, 0.2) is 24.5 Å². The van der Waals surface area contributed by atoms with Crippen LogP contribution >= 0.6 is 0 Å². The second-order valence-corrected chi connectivity index (χ2v) is 5.90. The van der Waals surface area contributed by atoms with Gasteiger partial charge in [0.25, 0.3) is 0 Å². The number of aromatic nitrogens is 1. The Labute approximate surface area is 108 Å². The summed E-state index contributed by atoms with van der Waals surface area (Å²) in [6.45, 7) is 7.60. The van der Waals surface area contributed by atoms with E-state index in [0.29, 0.717) is 5.92 Å². The predicted molar refractivity (Wildman–Crippen MR) is 71.5 cm³/mol. The second kappa shape index (κ2) is 4.96. The molecule has 2 heterocycles. The van der Waals surface area contributed by atoms with Crippen molar-refractivity contribution in [3.63, 3.8) is 0 Å². The molecular formula is C14H21N3O. The Kier molecular flexibility index (Phi) is 3.55. The van der Waals surface area contributed by atoms with Crippen LogP contribution in [0.3, 0.4) is 0 Å². The van der Waals surface area contributed by atoms with E-state index in [2.05, 4.69) is 16.4 Å². The fourth-order valence-electron chi connectivity index (χ4n) is 2.23. The second-order valence-electron chi connectivity index (χ2n) is 5.90. The minimum absolute atomic E-state index is 0.0360. The molecule has 2 amide bonds. The lowest BCUT2D eigenvalue weighted by Crippen LogP contribution is -2.47. The third kappa shape index (κ3) is 3.22. The third-order valence-corrected chi connectivity index (χ3v) is 3.11.